The first-order chi connectivity index (χ1) is 8.79. The van der Waals surface area contributed by atoms with Gasteiger partial charge < -0.3 is 10.0 Å². The van der Waals surface area contributed by atoms with E-state index >= 15 is 0 Å². The number of hydrogen-bond donors (Lipinski definition) is 1. The Morgan fingerprint density at radius 2 is 1.68 bits per heavy atom. The van der Waals surface area contributed by atoms with Gasteiger partial charge in [-0.05, 0) is 25.7 Å². The lowest BCUT2D eigenvalue weighted by molar-refractivity contribution is -0.167. The highest BCUT2D eigenvalue weighted by molar-refractivity contribution is 5.85. The monoisotopic (exact) mass is 279 g/mol. The van der Waals surface area contributed by atoms with Gasteiger partial charge in [-0.25, -0.2) is 0 Å². The second-order valence-electron chi connectivity index (χ2n) is 5.29. The molecule has 0 spiro atoms. The van der Waals surface area contributed by atoms with Crippen molar-refractivity contribution in [1.29, 1.82) is 0 Å². The molecule has 0 aromatic rings. The highest BCUT2D eigenvalue weighted by atomic mass is 19.4. The number of rotatable bonds is 4. The molecule has 0 saturated heterocycles. The molecule has 0 unspecified atom stereocenters. The van der Waals surface area contributed by atoms with Crippen molar-refractivity contribution < 1.29 is 27.9 Å². The normalized spacial score (nSPS) is 27.3. The zero-order valence-corrected chi connectivity index (χ0v) is 10.3. The number of amides is 1. The van der Waals surface area contributed by atoms with Crippen LogP contribution < -0.4 is 0 Å². The first-order valence-electron chi connectivity index (χ1n) is 6.39. The van der Waals surface area contributed by atoms with Crippen LogP contribution in [0, 0.1) is 11.8 Å². The first kappa shape index (κ1) is 14.1. The van der Waals surface area contributed by atoms with Crippen molar-refractivity contribution >= 4 is 11.9 Å². The highest BCUT2D eigenvalue weighted by Crippen LogP contribution is 2.37. The number of aliphatic carboxylic acids is 1. The van der Waals surface area contributed by atoms with Crippen LogP contribution in [0.1, 0.15) is 32.1 Å². The Balaban J connectivity index is 2.08. The van der Waals surface area contributed by atoms with Crippen molar-refractivity contribution in [1.82, 2.24) is 4.90 Å². The molecule has 2 rings (SSSR count). The van der Waals surface area contributed by atoms with Crippen molar-refractivity contribution in [3.63, 3.8) is 0 Å². The molecule has 0 bridgehead atoms. The molecule has 0 radical (unpaired) electrons. The molecule has 1 amide bonds. The van der Waals surface area contributed by atoms with Crippen LogP contribution in [0.25, 0.3) is 0 Å². The van der Waals surface area contributed by atoms with Crippen LogP contribution in [0.3, 0.4) is 0 Å². The number of hydrogen-bond acceptors (Lipinski definition) is 2. The molecular formula is C12H16F3NO3. The van der Waals surface area contributed by atoms with Gasteiger partial charge in [0.1, 0.15) is 6.54 Å². The molecule has 4 nitrogen and oxygen atoms in total. The third-order valence-corrected chi connectivity index (χ3v) is 3.77. The summed E-state index contributed by atoms with van der Waals surface area (Å²) in [5.41, 5.74) is 0. The molecule has 2 fully saturated rings. The standard InChI is InChI=1S/C12H16F3NO3/c13-12(14,15)6-16(7-4-5-7)10(17)8-2-1-3-9(8)11(18)19/h7-9H,1-6H2,(H,18,19)/t8-,9+/m1/s1. The molecule has 2 saturated carbocycles. The van der Waals surface area contributed by atoms with Gasteiger partial charge in [0.25, 0.3) is 0 Å². The van der Waals surface area contributed by atoms with E-state index in [1.807, 2.05) is 0 Å². The minimum absolute atomic E-state index is 0.357. The van der Waals surface area contributed by atoms with Gasteiger partial charge >= 0.3 is 12.1 Å². The molecule has 0 aliphatic heterocycles. The Labute approximate surface area is 108 Å². The summed E-state index contributed by atoms with van der Waals surface area (Å²) in [4.78, 5) is 24.0. The minimum atomic E-state index is -4.43. The van der Waals surface area contributed by atoms with Crippen molar-refractivity contribution in [3.8, 4) is 0 Å². The number of carbonyl (C=O) groups is 2. The molecule has 0 heterocycles. The summed E-state index contributed by atoms with van der Waals surface area (Å²) < 4.78 is 37.5. The van der Waals surface area contributed by atoms with Crippen LogP contribution in [0.5, 0.6) is 0 Å². The highest BCUT2D eigenvalue weighted by Gasteiger charge is 2.46. The van der Waals surface area contributed by atoms with Gasteiger partial charge in [0.15, 0.2) is 0 Å². The van der Waals surface area contributed by atoms with E-state index in [1.54, 1.807) is 0 Å². The van der Waals surface area contributed by atoms with Crippen LogP contribution in [0.2, 0.25) is 0 Å². The fourth-order valence-corrected chi connectivity index (χ4v) is 2.73. The summed E-state index contributed by atoms with van der Waals surface area (Å²) in [6.07, 6.45) is -1.96. The van der Waals surface area contributed by atoms with E-state index in [9.17, 15) is 22.8 Å². The molecule has 7 heteroatoms. The lowest BCUT2D eigenvalue weighted by atomic mass is 9.94. The molecule has 2 aliphatic carbocycles. The van der Waals surface area contributed by atoms with E-state index in [2.05, 4.69) is 0 Å². The Kier molecular flexibility index (Phi) is 3.73. The summed E-state index contributed by atoms with van der Waals surface area (Å²) in [6, 6.07) is -0.357. The molecule has 0 aromatic heterocycles. The van der Waals surface area contributed by atoms with Gasteiger partial charge in [0.05, 0.1) is 11.8 Å². The molecule has 0 aromatic carbocycles. The van der Waals surface area contributed by atoms with E-state index in [0.717, 1.165) is 4.90 Å². The van der Waals surface area contributed by atoms with Crippen molar-refractivity contribution in [2.75, 3.05) is 6.54 Å². The van der Waals surface area contributed by atoms with Crippen LogP contribution in [0.4, 0.5) is 13.2 Å². The summed E-state index contributed by atoms with van der Waals surface area (Å²) in [5, 5.41) is 9.01. The van der Waals surface area contributed by atoms with Gasteiger partial charge in [0.2, 0.25) is 5.91 Å². The van der Waals surface area contributed by atoms with Gasteiger partial charge in [-0.15, -0.1) is 0 Å². The molecule has 19 heavy (non-hydrogen) atoms. The van der Waals surface area contributed by atoms with E-state index in [1.165, 1.54) is 0 Å². The maximum atomic E-state index is 12.5. The third kappa shape index (κ3) is 3.39. The number of carboxylic acid groups (broad SMARTS) is 1. The van der Waals surface area contributed by atoms with Crippen molar-refractivity contribution in [2.45, 2.75) is 44.3 Å². The number of carboxylic acids is 1. The van der Waals surface area contributed by atoms with Crippen LogP contribution >= 0.6 is 0 Å². The largest absolute Gasteiger partial charge is 0.481 e. The Morgan fingerprint density at radius 1 is 1.11 bits per heavy atom. The fourth-order valence-electron chi connectivity index (χ4n) is 2.73. The van der Waals surface area contributed by atoms with Gasteiger partial charge in [-0.2, -0.15) is 13.2 Å². The Morgan fingerprint density at radius 3 is 2.16 bits per heavy atom. The number of halogens is 3. The summed E-state index contributed by atoms with van der Waals surface area (Å²) in [6.45, 7) is -1.26. The lowest BCUT2D eigenvalue weighted by Gasteiger charge is -2.28. The number of nitrogens with zero attached hydrogens (tertiary/aromatic N) is 1. The van der Waals surface area contributed by atoms with Gasteiger partial charge in [-0.3, -0.25) is 9.59 Å². The quantitative estimate of drug-likeness (QED) is 0.856. The fraction of sp³-hybridized carbons (Fsp3) is 0.833. The van der Waals surface area contributed by atoms with E-state index < -0.39 is 36.4 Å². The Bertz CT molecular complexity index is 379. The van der Waals surface area contributed by atoms with Crippen molar-refractivity contribution in [3.05, 3.63) is 0 Å². The lowest BCUT2D eigenvalue weighted by Crippen LogP contribution is -2.45. The maximum Gasteiger partial charge on any atom is 0.406 e. The molecular weight excluding hydrogens is 263 g/mol. The molecule has 108 valence electrons. The zero-order chi connectivity index (χ0) is 14.2. The smallest absolute Gasteiger partial charge is 0.406 e. The predicted octanol–water partition coefficient (Wildman–Crippen LogP) is 2.04. The number of carbonyl (C=O) groups excluding carboxylic acids is 1. The average Bonchev–Trinajstić information content (AvgIpc) is 3.00. The second kappa shape index (κ2) is 5.02. The average molecular weight is 279 g/mol. The van der Waals surface area contributed by atoms with Crippen molar-refractivity contribution in [2.24, 2.45) is 11.8 Å². The second-order valence-corrected chi connectivity index (χ2v) is 5.29. The Hall–Kier alpha value is -1.27. The zero-order valence-electron chi connectivity index (χ0n) is 10.3. The first-order valence-corrected chi connectivity index (χ1v) is 6.39. The summed E-state index contributed by atoms with van der Waals surface area (Å²) in [5.74, 6) is -3.34. The van der Waals surface area contributed by atoms with Crippen LogP contribution in [-0.2, 0) is 9.59 Å². The molecule has 1 N–H and O–H groups in total. The SMILES string of the molecule is O=C(O)[C@H]1CCC[C@H]1C(=O)N(CC(F)(F)F)C1CC1. The van der Waals surface area contributed by atoms with Gasteiger partial charge in [0, 0.05) is 6.04 Å². The predicted molar refractivity (Wildman–Crippen MR) is 59.3 cm³/mol. The maximum absolute atomic E-state index is 12.5. The number of alkyl halides is 3. The minimum Gasteiger partial charge on any atom is -0.481 e. The van der Waals surface area contributed by atoms with E-state index in [0.29, 0.717) is 32.1 Å². The summed E-state index contributed by atoms with van der Waals surface area (Å²) >= 11 is 0. The summed E-state index contributed by atoms with van der Waals surface area (Å²) in [7, 11) is 0. The van der Waals surface area contributed by atoms with Gasteiger partial charge in [-0.1, -0.05) is 6.42 Å². The molecule has 2 aliphatic rings. The van der Waals surface area contributed by atoms with E-state index in [4.69, 9.17) is 5.11 Å². The third-order valence-electron chi connectivity index (χ3n) is 3.77. The van der Waals surface area contributed by atoms with E-state index in [-0.39, 0.29) is 6.04 Å². The molecule has 2 atom stereocenters. The topological polar surface area (TPSA) is 57.6 Å². The van der Waals surface area contributed by atoms with Crippen LogP contribution in [0.15, 0.2) is 0 Å². The van der Waals surface area contributed by atoms with Crippen LogP contribution in [-0.4, -0.2) is 40.6 Å².